The predicted octanol–water partition coefficient (Wildman–Crippen LogP) is 3.66. The lowest BCUT2D eigenvalue weighted by Crippen LogP contribution is -2.23. The number of nitrogens with zero attached hydrogens (tertiary/aromatic N) is 3. The third-order valence-corrected chi connectivity index (χ3v) is 5.35. The van der Waals surface area contributed by atoms with Crippen LogP contribution in [-0.2, 0) is 6.54 Å². The van der Waals surface area contributed by atoms with Crippen molar-refractivity contribution >= 4 is 23.0 Å². The zero-order valence-corrected chi connectivity index (χ0v) is 16.9. The van der Waals surface area contributed by atoms with Crippen LogP contribution < -0.4 is 15.8 Å². The highest BCUT2D eigenvalue weighted by Gasteiger charge is 2.22. The molecule has 8 nitrogen and oxygen atoms in total. The minimum Gasteiger partial charge on any atom is -0.371 e. The van der Waals surface area contributed by atoms with Gasteiger partial charge in [-0.15, -0.1) is 0 Å². The van der Waals surface area contributed by atoms with Crippen LogP contribution in [0.4, 0.5) is 17.1 Å². The maximum atomic E-state index is 13.0. The number of carbonyl (C=O) groups is 1. The average molecular weight is 418 g/mol. The number of non-ortho nitro benzene ring substituents is 1. The van der Waals surface area contributed by atoms with E-state index >= 15 is 0 Å². The van der Waals surface area contributed by atoms with Crippen LogP contribution in [0.2, 0.25) is 0 Å². The lowest BCUT2D eigenvalue weighted by Gasteiger charge is -2.21. The van der Waals surface area contributed by atoms with Crippen molar-refractivity contribution in [2.24, 2.45) is 0 Å². The van der Waals surface area contributed by atoms with E-state index in [1.54, 1.807) is 41.1 Å². The second kappa shape index (κ2) is 8.83. The van der Waals surface area contributed by atoms with Crippen molar-refractivity contribution in [3.05, 3.63) is 98.5 Å². The number of nitro groups is 1. The first-order valence-electron chi connectivity index (χ1n) is 10.1. The van der Waals surface area contributed by atoms with Crippen molar-refractivity contribution < 1.29 is 9.72 Å². The highest BCUT2D eigenvalue weighted by atomic mass is 16.6. The van der Waals surface area contributed by atoms with Crippen LogP contribution in [0.25, 0.3) is 0 Å². The van der Waals surface area contributed by atoms with E-state index in [9.17, 15) is 19.7 Å². The number of nitro benzene ring substituents is 1. The first kappa shape index (κ1) is 20.3. The molecule has 4 rings (SSSR count). The van der Waals surface area contributed by atoms with Gasteiger partial charge in [0.05, 0.1) is 22.7 Å². The van der Waals surface area contributed by atoms with Gasteiger partial charge in [0.15, 0.2) is 0 Å². The van der Waals surface area contributed by atoms with Gasteiger partial charge in [0.2, 0.25) is 0 Å². The average Bonchev–Trinajstić information content (AvgIpc) is 3.31. The summed E-state index contributed by atoms with van der Waals surface area (Å²) in [6, 6.07) is 16.6. The van der Waals surface area contributed by atoms with Gasteiger partial charge in [0.25, 0.3) is 17.2 Å². The van der Waals surface area contributed by atoms with Crippen molar-refractivity contribution in [2.45, 2.75) is 19.4 Å². The topological polar surface area (TPSA) is 97.5 Å². The van der Waals surface area contributed by atoms with Gasteiger partial charge in [-0.05, 0) is 42.7 Å². The molecule has 0 radical (unpaired) electrons. The highest BCUT2D eigenvalue weighted by Crippen LogP contribution is 2.29. The molecule has 0 spiro atoms. The molecule has 0 unspecified atom stereocenters. The van der Waals surface area contributed by atoms with Crippen LogP contribution in [0.3, 0.4) is 0 Å². The summed E-state index contributed by atoms with van der Waals surface area (Å²) in [5.41, 5.74) is 2.29. The summed E-state index contributed by atoms with van der Waals surface area (Å²) >= 11 is 0. The first-order chi connectivity index (χ1) is 15.0. The predicted molar refractivity (Wildman–Crippen MR) is 119 cm³/mol. The second-order valence-corrected chi connectivity index (χ2v) is 7.47. The Labute approximate surface area is 178 Å². The van der Waals surface area contributed by atoms with Gasteiger partial charge < -0.3 is 14.8 Å². The Morgan fingerprint density at radius 1 is 1.03 bits per heavy atom. The molecule has 0 saturated carbocycles. The van der Waals surface area contributed by atoms with Crippen LogP contribution in [0, 0.1) is 10.1 Å². The largest absolute Gasteiger partial charge is 0.371 e. The van der Waals surface area contributed by atoms with E-state index in [2.05, 4.69) is 10.2 Å². The number of hydrogen-bond acceptors (Lipinski definition) is 5. The Morgan fingerprint density at radius 3 is 2.45 bits per heavy atom. The van der Waals surface area contributed by atoms with Gasteiger partial charge in [0.1, 0.15) is 0 Å². The van der Waals surface area contributed by atoms with Crippen LogP contribution in [0.5, 0.6) is 0 Å². The molecule has 1 saturated heterocycles. The molecule has 1 fully saturated rings. The van der Waals surface area contributed by atoms with Gasteiger partial charge in [0, 0.05) is 43.2 Å². The van der Waals surface area contributed by atoms with E-state index in [0.717, 1.165) is 31.5 Å². The Morgan fingerprint density at radius 2 is 1.77 bits per heavy atom. The number of anilines is 2. The number of rotatable bonds is 6. The quantitative estimate of drug-likeness (QED) is 0.487. The summed E-state index contributed by atoms with van der Waals surface area (Å²) in [4.78, 5) is 37.6. The number of carbonyl (C=O) groups excluding carboxylic acids is 1. The van der Waals surface area contributed by atoms with Crippen LogP contribution >= 0.6 is 0 Å². The molecule has 1 amide bonds. The fraction of sp³-hybridized carbons (Fsp3) is 0.217. The van der Waals surface area contributed by atoms with Gasteiger partial charge in [-0.3, -0.25) is 19.7 Å². The molecule has 31 heavy (non-hydrogen) atoms. The number of benzene rings is 2. The minimum absolute atomic E-state index is 0.0833. The molecule has 2 aromatic carbocycles. The lowest BCUT2D eigenvalue weighted by molar-refractivity contribution is -0.384. The fourth-order valence-corrected chi connectivity index (χ4v) is 3.73. The van der Waals surface area contributed by atoms with E-state index in [1.165, 1.54) is 18.2 Å². The zero-order chi connectivity index (χ0) is 21.8. The minimum atomic E-state index is -0.495. The molecular weight excluding hydrogens is 396 g/mol. The van der Waals surface area contributed by atoms with E-state index in [1.807, 2.05) is 12.1 Å². The zero-order valence-electron chi connectivity index (χ0n) is 16.9. The van der Waals surface area contributed by atoms with E-state index in [0.29, 0.717) is 17.9 Å². The smallest absolute Gasteiger partial charge is 0.270 e. The molecule has 1 aliphatic heterocycles. The molecule has 0 atom stereocenters. The van der Waals surface area contributed by atoms with E-state index < -0.39 is 10.8 Å². The van der Waals surface area contributed by atoms with E-state index in [4.69, 9.17) is 0 Å². The maximum Gasteiger partial charge on any atom is 0.270 e. The number of pyridine rings is 1. The summed E-state index contributed by atoms with van der Waals surface area (Å²) in [7, 11) is 0. The molecule has 158 valence electrons. The first-order valence-corrected chi connectivity index (χ1v) is 10.1. The standard InChI is InChI=1S/C23H22N4O4/c28-22-5-1-2-14-26(22)16-17-6-8-18(9-7-17)24-23(29)20-15-19(27(30)31)10-11-21(20)25-12-3-4-13-25/h1-2,5-11,14-15H,3-4,12-13,16H2,(H,24,29). The summed E-state index contributed by atoms with van der Waals surface area (Å²) in [5, 5.41) is 14.0. The van der Waals surface area contributed by atoms with Crippen molar-refractivity contribution in [2.75, 3.05) is 23.3 Å². The molecule has 0 bridgehead atoms. The van der Waals surface area contributed by atoms with Crippen molar-refractivity contribution in [1.82, 2.24) is 4.57 Å². The van der Waals surface area contributed by atoms with Crippen molar-refractivity contribution in [1.29, 1.82) is 0 Å². The van der Waals surface area contributed by atoms with Crippen molar-refractivity contribution in [3.8, 4) is 0 Å². The Balaban J connectivity index is 1.53. The van der Waals surface area contributed by atoms with Crippen LogP contribution in [0.15, 0.2) is 71.7 Å². The molecule has 1 N–H and O–H groups in total. The number of hydrogen-bond donors (Lipinski definition) is 1. The normalized spacial score (nSPS) is 13.2. The number of amides is 1. The molecule has 8 heteroatoms. The summed E-state index contributed by atoms with van der Waals surface area (Å²) in [6.07, 6.45) is 3.79. The SMILES string of the molecule is O=C(Nc1ccc(Cn2ccccc2=O)cc1)c1cc([N+](=O)[O-])ccc1N1CCCC1. The Bertz CT molecular complexity index is 1160. The number of aromatic nitrogens is 1. The van der Waals surface area contributed by atoms with Gasteiger partial charge >= 0.3 is 0 Å². The number of nitrogens with one attached hydrogen (secondary N) is 1. The molecule has 3 aromatic rings. The monoisotopic (exact) mass is 418 g/mol. The Kier molecular flexibility index (Phi) is 5.79. The molecular formula is C23H22N4O4. The van der Waals surface area contributed by atoms with Gasteiger partial charge in [-0.2, -0.15) is 0 Å². The van der Waals surface area contributed by atoms with Crippen molar-refractivity contribution in [3.63, 3.8) is 0 Å². The van der Waals surface area contributed by atoms with E-state index in [-0.39, 0.29) is 16.8 Å². The maximum absolute atomic E-state index is 13.0. The molecule has 2 heterocycles. The third-order valence-electron chi connectivity index (χ3n) is 5.35. The summed E-state index contributed by atoms with van der Waals surface area (Å²) in [6.45, 7) is 2.08. The summed E-state index contributed by atoms with van der Waals surface area (Å²) < 4.78 is 1.60. The Hall–Kier alpha value is -3.94. The lowest BCUT2D eigenvalue weighted by atomic mass is 10.1. The van der Waals surface area contributed by atoms with Gasteiger partial charge in [-0.1, -0.05) is 18.2 Å². The fourth-order valence-electron chi connectivity index (χ4n) is 3.73. The molecule has 1 aliphatic rings. The van der Waals surface area contributed by atoms with Crippen LogP contribution in [0.1, 0.15) is 28.8 Å². The highest BCUT2D eigenvalue weighted by molar-refractivity contribution is 6.08. The summed E-state index contributed by atoms with van der Waals surface area (Å²) in [5.74, 6) is -0.391. The molecule has 1 aromatic heterocycles. The third kappa shape index (κ3) is 4.63. The van der Waals surface area contributed by atoms with Crippen LogP contribution in [-0.4, -0.2) is 28.5 Å². The van der Waals surface area contributed by atoms with Gasteiger partial charge in [-0.25, -0.2) is 0 Å². The molecule has 0 aliphatic carbocycles. The second-order valence-electron chi connectivity index (χ2n) is 7.47.